The Hall–Kier alpha value is -1.94. The number of carbonyl (C=O) groups excluding carboxylic acids is 1. The first kappa shape index (κ1) is 21.8. The Balaban J connectivity index is 1.64. The number of hydrogen-bond donors (Lipinski definition) is 1. The van der Waals surface area contributed by atoms with Gasteiger partial charge in [-0.05, 0) is 55.3 Å². The van der Waals surface area contributed by atoms with Crippen LogP contribution in [0.15, 0.2) is 58.3 Å². The molecule has 0 aromatic heterocycles. The highest BCUT2D eigenvalue weighted by atomic mass is 35.5. The first-order valence-electron chi connectivity index (χ1n) is 8.94. The van der Waals surface area contributed by atoms with Gasteiger partial charge in [0, 0.05) is 36.0 Å². The zero-order valence-electron chi connectivity index (χ0n) is 15.7. The zero-order valence-corrected chi connectivity index (χ0v) is 18.1. The van der Waals surface area contributed by atoms with Gasteiger partial charge in [0.05, 0.1) is 9.79 Å². The molecule has 1 aliphatic rings. The predicted octanol–water partition coefficient (Wildman–Crippen LogP) is 2.78. The zero-order chi connectivity index (χ0) is 21.2. The summed E-state index contributed by atoms with van der Waals surface area (Å²) in [7, 11) is -7.15. The third kappa shape index (κ3) is 5.16. The lowest BCUT2D eigenvalue weighted by atomic mass is 9.97. The van der Waals surface area contributed by atoms with E-state index in [1.807, 2.05) is 0 Å². The average Bonchev–Trinajstić information content (AvgIpc) is 2.67. The number of piperidine rings is 1. The molecule has 1 saturated heterocycles. The van der Waals surface area contributed by atoms with Crippen molar-refractivity contribution in [2.45, 2.75) is 22.6 Å². The molecule has 1 amide bonds. The van der Waals surface area contributed by atoms with E-state index in [0.717, 1.165) is 6.26 Å². The average molecular weight is 457 g/mol. The summed E-state index contributed by atoms with van der Waals surface area (Å²) >= 11 is 5.92. The van der Waals surface area contributed by atoms with Gasteiger partial charge >= 0.3 is 0 Å². The lowest BCUT2D eigenvalue weighted by molar-refractivity contribution is -0.120. The maximum Gasteiger partial charge on any atom is 0.243 e. The lowest BCUT2D eigenvalue weighted by Gasteiger charge is -2.30. The SMILES string of the molecule is CS(=O)(=O)c1ccc(S(=O)(=O)N2CCC(C(=O)Nc3cccc(Cl)c3)CC2)cc1. The number of halogens is 1. The second-order valence-electron chi connectivity index (χ2n) is 6.92. The minimum Gasteiger partial charge on any atom is -0.326 e. The van der Waals surface area contributed by atoms with Crippen molar-refractivity contribution in [3.05, 3.63) is 53.6 Å². The standard InChI is InChI=1S/C19H21ClN2O5S2/c1-28(24,25)17-5-7-18(8-6-17)29(26,27)22-11-9-14(10-12-22)19(23)21-16-4-2-3-15(20)13-16/h2-8,13-14H,9-12H2,1H3,(H,21,23). The largest absolute Gasteiger partial charge is 0.326 e. The van der Waals surface area contributed by atoms with Crippen molar-refractivity contribution in [3.8, 4) is 0 Å². The minimum absolute atomic E-state index is 0.0340. The van der Waals surface area contributed by atoms with E-state index in [2.05, 4.69) is 5.32 Å². The topological polar surface area (TPSA) is 101 Å². The molecule has 2 aromatic carbocycles. The van der Waals surface area contributed by atoms with Crippen molar-refractivity contribution in [2.75, 3.05) is 24.7 Å². The Morgan fingerprint density at radius 1 is 1.00 bits per heavy atom. The number of sulfone groups is 1. The molecule has 1 fully saturated rings. The van der Waals surface area contributed by atoms with Gasteiger partial charge < -0.3 is 5.32 Å². The van der Waals surface area contributed by atoms with E-state index in [4.69, 9.17) is 11.6 Å². The molecular formula is C19H21ClN2O5S2. The Bertz CT molecular complexity index is 1110. The van der Waals surface area contributed by atoms with E-state index in [1.165, 1.54) is 28.6 Å². The summed E-state index contributed by atoms with van der Waals surface area (Å²) in [6, 6.07) is 12.0. The van der Waals surface area contributed by atoms with Gasteiger partial charge in [0.2, 0.25) is 15.9 Å². The van der Waals surface area contributed by atoms with Gasteiger partial charge in [-0.2, -0.15) is 4.31 Å². The van der Waals surface area contributed by atoms with Crippen LogP contribution >= 0.6 is 11.6 Å². The third-order valence-corrected chi connectivity index (χ3v) is 8.08. The lowest BCUT2D eigenvalue weighted by Crippen LogP contribution is -2.41. The van der Waals surface area contributed by atoms with E-state index in [1.54, 1.807) is 24.3 Å². The van der Waals surface area contributed by atoms with E-state index in [-0.39, 0.29) is 34.7 Å². The van der Waals surface area contributed by atoms with Crippen LogP contribution in [0, 0.1) is 5.92 Å². The Labute approximate surface area is 175 Å². The van der Waals surface area contributed by atoms with E-state index < -0.39 is 19.9 Å². The smallest absolute Gasteiger partial charge is 0.243 e. The maximum atomic E-state index is 12.8. The molecule has 0 radical (unpaired) electrons. The highest BCUT2D eigenvalue weighted by Gasteiger charge is 2.32. The maximum absolute atomic E-state index is 12.8. The minimum atomic E-state index is -3.75. The second-order valence-corrected chi connectivity index (χ2v) is 11.3. The number of sulfonamides is 1. The van der Waals surface area contributed by atoms with Gasteiger partial charge in [0.1, 0.15) is 0 Å². The van der Waals surface area contributed by atoms with Gasteiger partial charge in [-0.3, -0.25) is 4.79 Å². The number of benzene rings is 2. The Morgan fingerprint density at radius 3 is 2.14 bits per heavy atom. The molecule has 0 saturated carbocycles. The number of nitrogens with zero attached hydrogens (tertiary/aromatic N) is 1. The highest BCUT2D eigenvalue weighted by Crippen LogP contribution is 2.26. The van der Waals surface area contributed by atoms with Crippen LogP contribution in [0.2, 0.25) is 5.02 Å². The quantitative estimate of drug-likeness (QED) is 0.745. The van der Waals surface area contributed by atoms with E-state index in [0.29, 0.717) is 23.6 Å². The van der Waals surface area contributed by atoms with Gasteiger partial charge in [-0.15, -0.1) is 0 Å². The fraction of sp³-hybridized carbons (Fsp3) is 0.316. The Morgan fingerprint density at radius 2 is 1.59 bits per heavy atom. The molecule has 0 aliphatic carbocycles. The molecule has 0 atom stereocenters. The normalized spacial score (nSPS) is 16.5. The molecule has 1 N–H and O–H groups in total. The van der Waals surface area contributed by atoms with Gasteiger partial charge in [0.15, 0.2) is 9.84 Å². The van der Waals surface area contributed by atoms with Crippen LogP contribution in [0.4, 0.5) is 5.69 Å². The molecule has 10 heteroatoms. The summed E-state index contributed by atoms with van der Waals surface area (Å²) in [5, 5.41) is 3.33. The number of rotatable bonds is 5. The second kappa shape index (κ2) is 8.43. The van der Waals surface area contributed by atoms with Crippen LogP contribution in [-0.4, -0.2) is 46.4 Å². The van der Waals surface area contributed by atoms with Crippen molar-refractivity contribution in [1.82, 2.24) is 4.31 Å². The summed E-state index contributed by atoms with van der Waals surface area (Å²) in [4.78, 5) is 12.6. The van der Waals surface area contributed by atoms with Crippen LogP contribution < -0.4 is 5.32 Å². The van der Waals surface area contributed by atoms with Gasteiger partial charge in [-0.25, -0.2) is 16.8 Å². The summed E-state index contributed by atoms with van der Waals surface area (Å²) in [5.74, 6) is -0.463. The molecule has 3 rings (SSSR count). The number of hydrogen-bond acceptors (Lipinski definition) is 5. The molecule has 1 heterocycles. The van der Waals surface area contributed by atoms with Crippen LogP contribution in [0.5, 0.6) is 0 Å². The summed E-state index contributed by atoms with van der Waals surface area (Å²) in [5.41, 5.74) is 0.600. The summed E-state index contributed by atoms with van der Waals surface area (Å²) in [6.07, 6.45) is 1.86. The molecule has 1 aliphatic heterocycles. The third-order valence-electron chi connectivity index (χ3n) is 4.81. The van der Waals surface area contributed by atoms with Gasteiger partial charge in [-0.1, -0.05) is 17.7 Å². The van der Waals surface area contributed by atoms with Crippen molar-refractivity contribution in [3.63, 3.8) is 0 Å². The van der Waals surface area contributed by atoms with Crippen LogP contribution in [0.25, 0.3) is 0 Å². The van der Waals surface area contributed by atoms with Crippen molar-refractivity contribution >= 4 is 43.1 Å². The molecule has 0 bridgehead atoms. The molecule has 156 valence electrons. The molecule has 2 aromatic rings. The number of anilines is 1. The fourth-order valence-electron chi connectivity index (χ4n) is 3.18. The number of amides is 1. The first-order valence-corrected chi connectivity index (χ1v) is 12.6. The summed E-state index contributed by atoms with van der Waals surface area (Å²) in [6.45, 7) is 0.424. The molecule has 0 unspecified atom stereocenters. The van der Waals surface area contributed by atoms with E-state index in [9.17, 15) is 21.6 Å². The number of nitrogens with one attached hydrogen (secondary N) is 1. The number of carbonyl (C=O) groups is 1. The van der Waals surface area contributed by atoms with Crippen molar-refractivity contribution < 1.29 is 21.6 Å². The fourth-order valence-corrected chi connectivity index (χ4v) is 5.47. The van der Waals surface area contributed by atoms with Gasteiger partial charge in [0.25, 0.3) is 0 Å². The van der Waals surface area contributed by atoms with Crippen LogP contribution in [0.1, 0.15) is 12.8 Å². The monoisotopic (exact) mass is 456 g/mol. The Kier molecular flexibility index (Phi) is 6.33. The first-order chi connectivity index (χ1) is 13.6. The van der Waals surface area contributed by atoms with Crippen molar-refractivity contribution in [2.24, 2.45) is 5.92 Å². The van der Waals surface area contributed by atoms with Crippen LogP contribution in [-0.2, 0) is 24.7 Å². The molecule has 7 nitrogen and oxygen atoms in total. The summed E-state index contributed by atoms with van der Waals surface area (Å²) < 4.78 is 50.0. The van der Waals surface area contributed by atoms with Crippen molar-refractivity contribution in [1.29, 1.82) is 0 Å². The van der Waals surface area contributed by atoms with E-state index >= 15 is 0 Å². The molecular weight excluding hydrogens is 436 g/mol. The molecule has 29 heavy (non-hydrogen) atoms. The molecule has 0 spiro atoms. The van der Waals surface area contributed by atoms with Crippen LogP contribution in [0.3, 0.4) is 0 Å². The predicted molar refractivity (Wildman–Crippen MR) is 111 cm³/mol. The highest BCUT2D eigenvalue weighted by molar-refractivity contribution is 7.90.